The second kappa shape index (κ2) is 4.60. The summed E-state index contributed by atoms with van der Waals surface area (Å²) in [5.41, 5.74) is 0. The zero-order chi connectivity index (χ0) is 8.41. The van der Waals surface area contributed by atoms with Crippen LogP contribution in [0.3, 0.4) is 0 Å². The molecule has 0 atom stereocenters. The Morgan fingerprint density at radius 1 is 1.45 bits per heavy atom. The predicted octanol–water partition coefficient (Wildman–Crippen LogP) is -1.50. The monoisotopic (exact) mass is 180 g/mol. The van der Waals surface area contributed by atoms with Gasteiger partial charge in [-0.1, -0.05) is 6.92 Å². The van der Waals surface area contributed by atoms with E-state index in [1.165, 1.54) is 6.92 Å². The van der Waals surface area contributed by atoms with Crippen molar-refractivity contribution in [2.75, 3.05) is 0 Å². The van der Waals surface area contributed by atoms with E-state index in [2.05, 4.69) is 4.52 Å². The summed E-state index contributed by atoms with van der Waals surface area (Å²) in [5.74, 6) is -2.74. The number of phosphoric acid groups is 1. The van der Waals surface area contributed by atoms with Crippen molar-refractivity contribution in [3.63, 3.8) is 0 Å². The third kappa shape index (κ3) is 8.53. The number of hydrogen-bond donors (Lipinski definition) is 4. The van der Waals surface area contributed by atoms with Crippen molar-refractivity contribution in [1.29, 1.82) is 0 Å². The first-order chi connectivity index (χ1) is 4.27. The van der Waals surface area contributed by atoms with Gasteiger partial charge in [0.25, 0.3) is 5.97 Å². The van der Waals surface area contributed by atoms with E-state index >= 15 is 0 Å². The molecule has 0 rings (SSSR count). The summed E-state index contributed by atoms with van der Waals surface area (Å²) >= 11 is 0. The fraction of sp³-hybridized carbons (Fsp3) is 1.00. The molecule has 0 aliphatic rings. The first-order valence-electron chi connectivity index (χ1n) is 2.48. The molecule has 0 amide bonds. The quantitative estimate of drug-likeness (QED) is 0.239. The van der Waals surface area contributed by atoms with Crippen LogP contribution in [0.4, 0.5) is 0 Å². The Kier molecular flexibility index (Phi) is 5.93. The number of hydrogen-bond acceptors (Lipinski definition) is 4. The van der Waals surface area contributed by atoms with Crippen LogP contribution >= 0.6 is 7.82 Å². The predicted molar refractivity (Wildman–Crippen MR) is 37.7 cm³/mol. The molecule has 0 heterocycles. The Bertz CT molecular complexity index is 152. The molecule has 0 saturated heterocycles. The van der Waals surface area contributed by atoms with Crippen LogP contribution in [0.15, 0.2) is 0 Å². The maximum atomic E-state index is 9.96. The summed E-state index contributed by atoms with van der Waals surface area (Å²) in [5, 5.41) is 17.0. The van der Waals surface area contributed by atoms with Crippen LogP contribution in [0, 0.1) is 0 Å². The van der Waals surface area contributed by atoms with Crippen molar-refractivity contribution in [1.82, 2.24) is 0 Å². The number of rotatable bonds is 3. The van der Waals surface area contributed by atoms with Gasteiger partial charge in [0, 0.05) is 6.42 Å². The van der Waals surface area contributed by atoms with Crippen molar-refractivity contribution in [3.05, 3.63) is 0 Å². The van der Waals surface area contributed by atoms with E-state index in [9.17, 15) is 4.57 Å². The Hall–Kier alpha value is 0.627. The van der Waals surface area contributed by atoms with Gasteiger partial charge in [0.1, 0.15) is 0 Å². The van der Waals surface area contributed by atoms with Gasteiger partial charge in [-0.2, -0.15) is 0 Å². The Morgan fingerprint density at radius 2 is 1.82 bits per heavy atom. The van der Waals surface area contributed by atoms with E-state index in [-0.39, 0.29) is 25.3 Å². The third-order valence-corrected chi connectivity index (χ3v) is 1.26. The van der Waals surface area contributed by atoms with Gasteiger partial charge in [-0.3, -0.25) is 0 Å². The SMILES string of the molecule is CCC(O)(O)OP(=O)(O)O.[LiH]. The summed E-state index contributed by atoms with van der Waals surface area (Å²) in [6.07, 6.45) is -0.321. The molecule has 0 aliphatic heterocycles. The van der Waals surface area contributed by atoms with Gasteiger partial charge in [-0.05, 0) is 0 Å². The van der Waals surface area contributed by atoms with Gasteiger partial charge in [0.05, 0.1) is 0 Å². The fourth-order valence-electron chi connectivity index (χ4n) is 0.255. The average Bonchev–Trinajstić information content (AvgIpc) is 1.60. The number of phosphoric ester groups is 1. The molecule has 0 aliphatic carbocycles. The minimum atomic E-state index is -4.80. The molecular formula is C3H10LiO6P. The van der Waals surface area contributed by atoms with Gasteiger partial charge in [-0.15, -0.1) is 0 Å². The molecule has 11 heavy (non-hydrogen) atoms. The average molecular weight is 180 g/mol. The van der Waals surface area contributed by atoms with Crippen LogP contribution < -0.4 is 0 Å². The topological polar surface area (TPSA) is 107 Å². The molecule has 64 valence electrons. The Morgan fingerprint density at radius 3 is 1.91 bits per heavy atom. The van der Waals surface area contributed by atoms with Gasteiger partial charge in [-0.25, -0.2) is 9.09 Å². The van der Waals surface area contributed by atoms with Crippen LogP contribution in [-0.4, -0.2) is 44.8 Å². The molecule has 0 radical (unpaired) electrons. The molecule has 6 nitrogen and oxygen atoms in total. The van der Waals surface area contributed by atoms with Crippen molar-refractivity contribution in [2.45, 2.75) is 19.3 Å². The Balaban J connectivity index is 0. The van der Waals surface area contributed by atoms with E-state index in [4.69, 9.17) is 20.0 Å². The molecule has 0 fully saturated rings. The standard InChI is InChI=1S/C3H9O6P.Li.H/c1-2-3(4,5)9-10(6,7)8;;/h4-5H,2H2,1H3,(H2,6,7,8);;. The van der Waals surface area contributed by atoms with Gasteiger partial charge in [0.2, 0.25) is 0 Å². The van der Waals surface area contributed by atoms with Crippen molar-refractivity contribution >= 4 is 26.7 Å². The molecule has 4 N–H and O–H groups in total. The Labute approximate surface area is 75.6 Å². The van der Waals surface area contributed by atoms with Crippen LogP contribution in [0.2, 0.25) is 0 Å². The fourth-order valence-corrected chi connectivity index (χ4v) is 0.765. The molecular weight excluding hydrogens is 170 g/mol. The van der Waals surface area contributed by atoms with Crippen LogP contribution in [0.5, 0.6) is 0 Å². The second-order valence-electron chi connectivity index (χ2n) is 1.68. The normalized spacial score (nSPS) is 12.5. The summed E-state index contributed by atoms with van der Waals surface area (Å²) in [6, 6.07) is 0. The van der Waals surface area contributed by atoms with E-state index in [1.807, 2.05) is 0 Å². The maximum absolute atomic E-state index is 9.96. The molecule has 8 heteroatoms. The van der Waals surface area contributed by atoms with E-state index in [0.29, 0.717) is 0 Å². The van der Waals surface area contributed by atoms with E-state index in [1.54, 1.807) is 0 Å². The van der Waals surface area contributed by atoms with Crippen molar-refractivity contribution < 1.29 is 29.1 Å². The summed E-state index contributed by atoms with van der Waals surface area (Å²) < 4.78 is 13.5. The van der Waals surface area contributed by atoms with Crippen LogP contribution in [0.25, 0.3) is 0 Å². The first kappa shape index (κ1) is 14.2. The van der Waals surface area contributed by atoms with Crippen molar-refractivity contribution in [2.24, 2.45) is 0 Å². The summed E-state index contributed by atoms with van der Waals surface area (Å²) in [6.45, 7) is 1.30. The summed E-state index contributed by atoms with van der Waals surface area (Å²) in [7, 11) is -4.80. The summed E-state index contributed by atoms with van der Waals surface area (Å²) in [4.78, 5) is 16.1. The van der Waals surface area contributed by atoms with Gasteiger partial charge in [0.15, 0.2) is 0 Å². The molecule has 0 unspecified atom stereocenters. The molecule has 0 aromatic heterocycles. The second-order valence-corrected chi connectivity index (χ2v) is 2.84. The van der Waals surface area contributed by atoms with Crippen LogP contribution in [-0.2, 0) is 9.09 Å². The molecule has 0 aromatic rings. The molecule has 0 saturated carbocycles. The molecule has 0 aromatic carbocycles. The number of aliphatic hydroxyl groups is 2. The molecule has 0 bridgehead atoms. The first-order valence-corrected chi connectivity index (χ1v) is 4.01. The van der Waals surface area contributed by atoms with E-state index in [0.717, 1.165) is 0 Å². The van der Waals surface area contributed by atoms with Crippen LogP contribution in [0.1, 0.15) is 13.3 Å². The zero-order valence-electron chi connectivity index (χ0n) is 5.26. The zero-order valence-corrected chi connectivity index (χ0v) is 6.15. The minimum absolute atomic E-state index is 0. The van der Waals surface area contributed by atoms with E-state index < -0.39 is 13.8 Å². The van der Waals surface area contributed by atoms with Gasteiger partial charge >= 0.3 is 26.7 Å². The molecule has 0 spiro atoms. The van der Waals surface area contributed by atoms with Gasteiger partial charge < -0.3 is 20.0 Å². The van der Waals surface area contributed by atoms with Crippen molar-refractivity contribution in [3.8, 4) is 0 Å². The third-order valence-electron chi connectivity index (χ3n) is 0.726.